The van der Waals surface area contributed by atoms with Crippen molar-refractivity contribution in [2.45, 2.75) is 51.1 Å². The number of rotatable bonds is 2. The third-order valence-corrected chi connectivity index (χ3v) is 5.66. The highest BCUT2D eigenvalue weighted by atomic mass is 16.5. The Morgan fingerprint density at radius 1 is 1.14 bits per heavy atom. The zero-order valence-corrected chi connectivity index (χ0v) is 13.2. The van der Waals surface area contributed by atoms with Crippen LogP contribution in [0, 0.1) is 5.41 Å². The molecule has 3 aliphatic heterocycles. The van der Waals surface area contributed by atoms with Gasteiger partial charge in [-0.15, -0.1) is 0 Å². The lowest BCUT2D eigenvalue weighted by molar-refractivity contribution is -0.143. The number of hydrogen-bond donors (Lipinski definition) is 1. The maximum absolute atomic E-state index is 12.8. The van der Waals surface area contributed by atoms with Crippen molar-refractivity contribution in [1.29, 1.82) is 0 Å². The van der Waals surface area contributed by atoms with E-state index in [0.29, 0.717) is 19.3 Å². The molecule has 21 heavy (non-hydrogen) atoms. The molecule has 3 rings (SSSR count). The SMILES string of the molecule is CC1(C(=O)N2CCC(N3CCCCC3)CC2)COCC1N. The minimum atomic E-state index is -0.516. The van der Waals surface area contributed by atoms with Crippen LogP contribution in [-0.4, -0.2) is 67.2 Å². The molecule has 120 valence electrons. The van der Waals surface area contributed by atoms with Crippen LogP contribution in [0.4, 0.5) is 0 Å². The largest absolute Gasteiger partial charge is 0.379 e. The highest BCUT2D eigenvalue weighted by molar-refractivity contribution is 5.83. The zero-order chi connectivity index (χ0) is 14.9. The molecule has 0 aromatic rings. The average molecular weight is 295 g/mol. The first-order chi connectivity index (χ1) is 10.1. The summed E-state index contributed by atoms with van der Waals surface area (Å²) in [4.78, 5) is 17.4. The van der Waals surface area contributed by atoms with Gasteiger partial charge in [-0.2, -0.15) is 0 Å². The van der Waals surface area contributed by atoms with Crippen LogP contribution in [0.5, 0.6) is 0 Å². The number of carbonyl (C=O) groups is 1. The molecule has 2 unspecified atom stereocenters. The summed E-state index contributed by atoms with van der Waals surface area (Å²) in [6.07, 6.45) is 6.27. The van der Waals surface area contributed by atoms with E-state index in [2.05, 4.69) is 4.90 Å². The molecule has 3 heterocycles. The van der Waals surface area contributed by atoms with Gasteiger partial charge >= 0.3 is 0 Å². The number of carbonyl (C=O) groups excluding carboxylic acids is 1. The molecule has 5 nitrogen and oxygen atoms in total. The molecule has 2 atom stereocenters. The van der Waals surface area contributed by atoms with Crippen molar-refractivity contribution in [2.75, 3.05) is 39.4 Å². The fourth-order valence-corrected chi connectivity index (χ4v) is 3.99. The molecule has 0 aromatic heterocycles. The van der Waals surface area contributed by atoms with Crippen LogP contribution in [0.1, 0.15) is 39.0 Å². The predicted octanol–water partition coefficient (Wildman–Crippen LogP) is 0.827. The van der Waals surface area contributed by atoms with E-state index in [1.54, 1.807) is 0 Å². The summed E-state index contributed by atoms with van der Waals surface area (Å²) in [6.45, 7) is 7.18. The minimum absolute atomic E-state index is 0.162. The molecule has 0 radical (unpaired) electrons. The smallest absolute Gasteiger partial charge is 0.232 e. The topological polar surface area (TPSA) is 58.8 Å². The van der Waals surface area contributed by atoms with Gasteiger partial charge in [0, 0.05) is 25.2 Å². The van der Waals surface area contributed by atoms with Gasteiger partial charge in [0.1, 0.15) is 0 Å². The Morgan fingerprint density at radius 2 is 1.81 bits per heavy atom. The van der Waals surface area contributed by atoms with Gasteiger partial charge in [0.15, 0.2) is 0 Å². The Labute approximate surface area is 127 Å². The number of likely N-dealkylation sites (tertiary alicyclic amines) is 2. The van der Waals surface area contributed by atoms with Crippen molar-refractivity contribution < 1.29 is 9.53 Å². The molecule has 5 heteroatoms. The minimum Gasteiger partial charge on any atom is -0.379 e. The average Bonchev–Trinajstić information content (AvgIpc) is 2.88. The maximum atomic E-state index is 12.8. The summed E-state index contributed by atoms with van der Waals surface area (Å²) in [5, 5.41) is 0. The van der Waals surface area contributed by atoms with E-state index in [-0.39, 0.29) is 11.9 Å². The molecular formula is C16H29N3O2. The van der Waals surface area contributed by atoms with Gasteiger partial charge in [-0.3, -0.25) is 4.79 Å². The van der Waals surface area contributed by atoms with E-state index in [9.17, 15) is 4.79 Å². The second-order valence-corrected chi connectivity index (χ2v) is 7.16. The lowest BCUT2D eigenvalue weighted by Gasteiger charge is -2.42. The first-order valence-corrected chi connectivity index (χ1v) is 8.48. The third kappa shape index (κ3) is 2.96. The Balaban J connectivity index is 1.54. The van der Waals surface area contributed by atoms with Gasteiger partial charge in [0.25, 0.3) is 0 Å². The number of nitrogens with zero attached hydrogens (tertiary/aromatic N) is 2. The second kappa shape index (κ2) is 6.23. The number of nitrogens with two attached hydrogens (primary N) is 1. The molecule has 0 spiro atoms. The van der Waals surface area contributed by atoms with Crippen molar-refractivity contribution >= 4 is 5.91 Å². The van der Waals surface area contributed by atoms with E-state index in [0.717, 1.165) is 25.9 Å². The summed E-state index contributed by atoms with van der Waals surface area (Å²) in [5.41, 5.74) is 5.57. The monoisotopic (exact) mass is 295 g/mol. The summed E-state index contributed by atoms with van der Waals surface area (Å²) in [7, 11) is 0. The van der Waals surface area contributed by atoms with Crippen molar-refractivity contribution in [3.63, 3.8) is 0 Å². The van der Waals surface area contributed by atoms with Crippen molar-refractivity contribution in [1.82, 2.24) is 9.80 Å². The lowest BCUT2D eigenvalue weighted by atomic mass is 9.83. The molecule has 0 aliphatic carbocycles. The van der Waals surface area contributed by atoms with Gasteiger partial charge in [-0.05, 0) is 45.7 Å². The fourth-order valence-electron chi connectivity index (χ4n) is 3.99. The van der Waals surface area contributed by atoms with E-state index in [1.165, 1.54) is 32.4 Å². The highest BCUT2D eigenvalue weighted by Gasteiger charge is 2.47. The van der Waals surface area contributed by atoms with Gasteiger partial charge < -0.3 is 20.3 Å². The van der Waals surface area contributed by atoms with Crippen LogP contribution in [0.25, 0.3) is 0 Å². The molecule has 1 amide bonds. The van der Waals surface area contributed by atoms with Gasteiger partial charge in [-0.25, -0.2) is 0 Å². The van der Waals surface area contributed by atoms with Crippen LogP contribution in [0.3, 0.4) is 0 Å². The summed E-state index contributed by atoms with van der Waals surface area (Å²) >= 11 is 0. The first-order valence-electron chi connectivity index (χ1n) is 8.48. The quantitative estimate of drug-likeness (QED) is 0.820. The maximum Gasteiger partial charge on any atom is 0.232 e. The van der Waals surface area contributed by atoms with Crippen molar-refractivity contribution in [2.24, 2.45) is 11.1 Å². The Bertz CT molecular complexity index is 376. The third-order valence-electron chi connectivity index (χ3n) is 5.66. The van der Waals surface area contributed by atoms with E-state index in [1.807, 2.05) is 11.8 Å². The highest BCUT2D eigenvalue weighted by Crippen LogP contribution is 2.31. The molecule has 0 bridgehead atoms. The molecule has 0 saturated carbocycles. The number of hydrogen-bond acceptors (Lipinski definition) is 4. The van der Waals surface area contributed by atoms with E-state index < -0.39 is 5.41 Å². The Kier molecular flexibility index (Phi) is 4.52. The molecule has 3 saturated heterocycles. The summed E-state index contributed by atoms with van der Waals surface area (Å²) in [6, 6.07) is 0.514. The molecule has 3 fully saturated rings. The lowest BCUT2D eigenvalue weighted by Crippen LogP contribution is -2.55. The molecule has 0 aromatic carbocycles. The number of amides is 1. The van der Waals surface area contributed by atoms with Crippen molar-refractivity contribution in [3.8, 4) is 0 Å². The summed E-state index contributed by atoms with van der Waals surface area (Å²) < 4.78 is 5.42. The van der Waals surface area contributed by atoms with E-state index in [4.69, 9.17) is 10.5 Å². The zero-order valence-electron chi connectivity index (χ0n) is 13.2. The fraction of sp³-hybridized carbons (Fsp3) is 0.938. The van der Waals surface area contributed by atoms with Crippen LogP contribution in [-0.2, 0) is 9.53 Å². The van der Waals surface area contributed by atoms with E-state index >= 15 is 0 Å². The van der Waals surface area contributed by atoms with Crippen LogP contribution in [0.2, 0.25) is 0 Å². The predicted molar refractivity (Wildman–Crippen MR) is 81.9 cm³/mol. The number of ether oxygens (including phenoxy) is 1. The standard InChI is InChI=1S/C16H29N3O2/c1-16(12-21-11-14(16)17)15(20)19-9-5-13(6-10-19)18-7-3-2-4-8-18/h13-14H,2-12,17H2,1H3. The molecule has 3 aliphatic rings. The Morgan fingerprint density at radius 3 is 2.38 bits per heavy atom. The second-order valence-electron chi connectivity index (χ2n) is 7.16. The van der Waals surface area contributed by atoms with Gasteiger partial charge in [-0.1, -0.05) is 6.42 Å². The number of piperidine rings is 2. The van der Waals surface area contributed by atoms with Crippen LogP contribution in [0.15, 0.2) is 0 Å². The Hall–Kier alpha value is -0.650. The van der Waals surface area contributed by atoms with Gasteiger partial charge in [0.2, 0.25) is 5.91 Å². The normalized spacial score (nSPS) is 36.1. The molecule has 2 N–H and O–H groups in total. The van der Waals surface area contributed by atoms with Crippen LogP contribution < -0.4 is 5.73 Å². The first kappa shape index (κ1) is 15.3. The van der Waals surface area contributed by atoms with Gasteiger partial charge in [0.05, 0.1) is 18.6 Å². The van der Waals surface area contributed by atoms with Crippen molar-refractivity contribution in [3.05, 3.63) is 0 Å². The van der Waals surface area contributed by atoms with Crippen LogP contribution >= 0.6 is 0 Å². The summed E-state index contributed by atoms with van der Waals surface area (Å²) in [5.74, 6) is 0.199. The molecular weight excluding hydrogens is 266 g/mol.